The molecule has 0 aromatic rings. The highest BCUT2D eigenvalue weighted by molar-refractivity contribution is 4.95. The molecule has 2 fully saturated rings. The summed E-state index contributed by atoms with van der Waals surface area (Å²) in [5.41, 5.74) is -0.480. The van der Waals surface area contributed by atoms with E-state index in [4.69, 9.17) is 0 Å². The van der Waals surface area contributed by atoms with Gasteiger partial charge in [0.2, 0.25) is 0 Å². The Morgan fingerprint density at radius 1 is 1.11 bits per heavy atom. The maximum Gasteiger partial charge on any atom is 0.0768 e. The number of aliphatic hydroxyl groups is 1. The molecular weight excluding hydrogens is 236 g/mol. The topological polar surface area (TPSA) is 26.7 Å². The Labute approximate surface area is 119 Å². The maximum atomic E-state index is 10.6. The zero-order valence-corrected chi connectivity index (χ0v) is 13.2. The third-order valence-corrected chi connectivity index (χ3v) is 5.35. The molecule has 0 aliphatic carbocycles. The van der Waals surface area contributed by atoms with Gasteiger partial charge in [0.1, 0.15) is 0 Å². The van der Waals surface area contributed by atoms with E-state index in [0.717, 1.165) is 38.5 Å². The molecule has 112 valence electrons. The molecule has 2 bridgehead atoms. The van der Waals surface area contributed by atoms with Crippen LogP contribution in [0.1, 0.15) is 59.8 Å². The van der Waals surface area contributed by atoms with Crippen molar-refractivity contribution in [3.05, 3.63) is 0 Å². The minimum atomic E-state index is -0.480. The number of β-amino-alcohol motifs (C(OH)–C–C–N with tert-alkyl or cyclic N) is 1. The highest BCUT2D eigenvalue weighted by Gasteiger charge is 2.39. The number of hydrogen-bond donors (Lipinski definition) is 1. The fraction of sp³-hybridized carbons (Fsp3) is 1.00. The Hall–Kier alpha value is -0.120. The summed E-state index contributed by atoms with van der Waals surface area (Å²) in [6.45, 7) is 12.0. The van der Waals surface area contributed by atoms with Crippen LogP contribution < -0.4 is 0 Å². The van der Waals surface area contributed by atoms with Crippen LogP contribution in [0.15, 0.2) is 0 Å². The first-order valence-corrected chi connectivity index (χ1v) is 8.21. The minimum Gasteiger partial charge on any atom is -0.389 e. The van der Waals surface area contributed by atoms with Crippen LogP contribution in [0.25, 0.3) is 0 Å². The van der Waals surface area contributed by atoms with E-state index in [0.29, 0.717) is 12.1 Å². The minimum absolute atomic E-state index is 0.480. The summed E-state index contributed by atoms with van der Waals surface area (Å²) >= 11 is 0. The molecule has 2 aliphatic rings. The summed E-state index contributed by atoms with van der Waals surface area (Å²) < 4.78 is 0. The molecule has 2 atom stereocenters. The number of rotatable bonds is 5. The van der Waals surface area contributed by atoms with Crippen LogP contribution in [0.5, 0.6) is 0 Å². The van der Waals surface area contributed by atoms with Gasteiger partial charge in [0.15, 0.2) is 0 Å². The monoisotopic (exact) mass is 268 g/mol. The van der Waals surface area contributed by atoms with Crippen molar-refractivity contribution in [2.24, 2.45) is 0 Å². The number of likely N-dealkylation sites (tertiary alicyclic amines) is 1. The Bertz CT molecular complexity index is 288. The summed E-state index contributed by atoms with van der Waals surface area (Å²) in [5.74, 6) is 0. The molecule has 2 saturated heterocycles. The highest BCUT2D eigenvalue weighted by Crippen LogP contribution is 2.32. The second-order valence-electron chi connectivity index (χ2n) is 6.88. The van der Waals surface area contributed by atoms with E-state index >= 15 is 0 Å². The normalized spacial score (nSPS) is 30.0. The lowest BCUT2D eigenvalue weighted by Crippen LogP contribution is -2.47. The summed E-state index contributed by atoms with van der Waals surface area (Å²) in [6.07, 6.45) is 5.72. The third-order valence-electron chi connectivity index (χ3n) is 5.35. The lowest BCUT2D eigenvalue weighted by atomic mass is 9.96. The van der Waals surface area contributed by atoms with E-state index in [1.165, 1.54) is 19.3 Å². The lowest BCUT2D eigenvalue weighted by molar-refractivity contribution is -0.00573. The van der Waals surface area contributed by atoms with Crippen LogP contribution in [0.4, 0.5) is 0 Å². The van der Waals surface area contributed by atoms with Crippen LogP contribution in [-0.4, -0.2) is 58.3 Å². The van der Waals surface area contributed by atoms with Crippen molar-refractivity contribution in [2.45, 2.75) is 83.5 Å². The Morgan fingerprint density at radius 3 is 2.32 bits per heavy atom. The molecule has 0 aromatic heterocycles. The fourth-order valence-corrected chi connectivity index (χ4v) is 4.06. The molecule has 0 spiro atoms. The van der Waals surface area contributed by atoms with Crippen molar-refractivity contribution in [3.8, 4) is 0 Å². The van der Waals surface area contributed by atoms with E-state index in [1.807, 2.05) is 0 Å². The van der Waals surface area contributed by atoms with Crippen LogP contribution >= 0.6 is 0 Å². The summed E-state index contributed by atoms with van der Waals surface area (Å²) in [5, 5.41) is 10.6. The second kappa shape index (κ2) is 6.11. The predicted octanol–water partition coefficient (Wildman–Crippen LogP) is 2.48. The Balaban J connectivity index is 2.00. The second-order valence-corrected chi connectivity index (χ2v) is 6.88. The van der Waals surface area contributed by atoms with Gasteiger partial charge in [0, 0.05) is 31.2 Å². The van der Waals surface area contributed by atoms with Crippen molar-refractivity contribution in [3.63, 3.8) is 0 Å². The SMILES string of the molecule is CCC(O)(CC)CN1CCC2CCC(C1)N2C(C)C. The van der Waals surface area contributed by atoms with E-state index < -0.39 is 5.60 Å². The zero-order valence-electron chi connectivity index (χ0n) is 13.2. The fourth-order valence-electron chi connectivity index (χ4n) is 4.06. The average Bonchev–Trinajstić information content (AvgIpc) is 2.68. The van der Waals surface area contributed by atoms with Gasteiger partial charge in [0.25, 0.3) is 0 Å². The van der Waals surface area contributed by atoms with Gasteiger partial charge in [-0.2, -0.15) is 0 Å². The zero-order chi connectivity index (χ0) is 14.0. The first-order valence-electron chi connectivity index (χ1n) is 8.21. The third kappa shape index (κ3) is 3.32. The van der Waals surface area contributed by atoms with Gasteiger partial charge in [-0.3, -0.25) is 9.80 Å². The van der Waals surface area contributed by atoms with Gasteiger partial charge in [-0.15, -0.1) is 0 Å². The lowest BCUT2D eigenvalue weighted by Gasteiger charge is -2.35. The van der Waals surface area contributed by atoms with Gasteiger partial charge < -0.3 is 5.11 Å². The Morgan fingerprint density at radius 2 is 1.74 bits per heavy atom. The van der Waals surface area contributed by atoms with Crippen LogP contribution in [-0.2, 0) is 0 Å². The van der Waals surface area contributed by atoms with Crippen LogP contribution in [0.3, 0.4) is 0 Å². The molecule has 3 nitrogen and oxygen atoms in total. The molecule has 0 saturated carbocycles. The molecule has 3 heteroatoms. The molecule has 2 unspecified atom stereocenters. The van der Waals surface area contributed by atoms with Gasteiger partial charge >= 0.3 is 0 Å². The smallest absolute Gasteiger partial charge is 0.0768 e. The first kappa shape index (κ1) is 15.3. The first-order chi connectivity index (χ1) is 8.99. The van der Waals surface area contributed by atoms with Crippen molar-refractivity contribution in [2.75, 3.05) is 19.6 Å². The van der Waals surface area contributed by atoms with Gasteiger partial charge in [-0.1, -0.05) is 13.8 Å². The van der Waals surface area contributed by atoms with Crippen molar-refractivity contribution >= 4 is 0 Å². The molecule has 2 rings (SSSR count). The number of fused-ring (bicyclic) bond motifs is 2. The van der Waals surface area contributed by atoms with E-state index in [-0.39, 0.29) is 0 Å². The summed E-state index contributed by atoms with van der Waals surface area (Å²) in [7, 11) is 0. The summed E-state index contributed by atoms with van der Waals surface area (Å²) in [4.78, 5) is 5.25. The van der Waals surface area contributed by atoms with Crippen molar-refractivity contribution in [1.29, 1.82) is 0 Å². The van der Waals surface area contributed by atoms with Crippen molar-refractivity contribution < 1.29 is 5.11 Å². The standard InChI is InChI=1S/C16H32N2O/c1-5-16(19,6-2)12-17-10-9-14-7-8-15(11-17)18(14)13(3)4/h13-15,19H,5-12H2,1-4H3. The molecular formula is C16H32N2O. The number of nitrogens with zero attached hydrogens (tertiary/aromatic N) is 2. The molecule has 2 heterocycles. The van der Waals surface area contributed by atoms with E-state index in [1.54, 1.807) is 0 Å². The van der Waals surface area contributed by atoms with Crippen LogP contribution in [0, 0.1) is 0 Å². The molecule has 19 heavy (non-hydrogen) atoms. The average molecular weight is 268 g/mol. The largest absolute Gasteiger partial charge is 0.389 e. The molecule has 0 aromatic carbocycles. The summed E-state index contributed by atoms with van der Waals surface area (Å²) in [6, 6.07) is 2.16. The number of hydrogen-bond acceptors (Lipinski definition) is 3. The van der Waals surface area contributed by atoms with Gasteiger partial charge in [-0.25, -0.2) is 0 Å². The highest BCUT2D eigenvalue weighted by atomic mass is 16.3. The predicted molar refractivity (Wildman–Crippen MR) is 80.4 cm³/mol. The van der Waals surface area contributed by atoms with Gasteiger partial charge in [-0.05, 0) is 52.5 Å². The van der Waals surface area contributed by atoms with Crippen molar-refractivity contribution in [1.82, 2.24) is 9.80 Å². The molecule has 2 aliphatic heterocycles. The quantitative estimate of drug-likeness (QED) is 0.830. The van der Waals surface area contributed by atoms with Crippen LogP contribution in [0.2, 0.25) is 0 Å². The molecule has 0 radical (unpaired) electrons. The maximum absolute atomic E-state index is 10.6. The van der Waals surface area contributed by atoms with E-state index in [9.17, 15) is 5.11 Å². The van der Waals surface area contributed by atoms with Gasteiger partial charge in [0.05, 0.1) is 5.60 Å². The van der Waals surface area contributed by atoms with E-state index in [2.05, 4.69) is 37.5 Å². The Kier molecular flexibility index (Phi) is 4.91. The molecule has 0 amide bonds. The molecule has 1 N–H and O–H groups in total.